The SMILES string of the molecule is CC1C=C(B2OC(C)(C)C(C)(C)O2)C=CN1. The summed E-state index contributed by atoms with van der Waals surface area (Å²) in [5.41, 5.74) is 0.575. The third-order valence-electron chi connectivity index (χ3n) is 3.60. The highest BCUT2D eigenvalue weighted by Gasteiger charge is 2.52. The van der Waals surface area contributed by atoms with Gasteiger partial charge in [0.05, 0.1) is 11.2 Å². The number of rotatable bonds is 1. The molecule has 4 heteroatoms. The van der Waals surface area contributed by atoms with Gasteiger partial charge in [-0.05, 0) is 52.4 Å². The molecule has 0 saturated carbocycles. The van der Waals surface area contributed by atoms with Gasteiger partial charge in [0, 0.05) is 6.04 Å². The van der Waals surface area contributed by atoms with Crippen LogP contribution in [0.25, 0.3) is 0 Å². The van der Waals surface area contributed by atoms with Crippen molar-refractivity contribution in [1.82, 2.24) is 5.32 Å². The van der Waals surface area contributed by atoms with Crippen molar-refractivity contribution in [2.24, 2.45) is 0 Å². The van der Waals surface area contributed by atoms with E-state index in [0.717, 1.165) is 5.47 Å². The van der Waals surface area contributed by atoms with Gasteiger partial charge in [0.25, 0.3) is 0 Å². The molecule has 3 nitrogen and oxygen atoms in total. The Balaban J connectivity index is 2.18. The fourth-order valence-corrected chi connectivity index (χ4v) is 1.82. The van der Waals surface area contributed by atoms with E-state index in [4.69, 9.17) is 9.31 Å². The summed E-state index contributed by atoms with van der Waals surface area (Å²) in [7, 11) is -0.245. The summed E-state index contributed by atoms with van der Waals surface area (Å²) in [5.74, 6) is 0. The number of hydrogen-bond acceptors (Lipinski definition) is 3. The van der Waals surface area contributed by atoms with Crippen molar-refractivity contribution in [2.75, 3.05) is 0 Å². The molecule has 1 N–H and O–H groups in total. The molecule has 0 aliphatic carbocycles. The summed E-state index contributed by atoms with van der Waals surface area (Å²) in [6.45, 7) is 10.4. The molecule has 0 aromatic carbocycles. The Morgan fingerprint density at radius 3 is 2.25 bits per heavy atom. The first-order valence-electron chi connectivity index (χ1n) is 5.82. The Labute approximate surface area is 98.0 Å². The zero-order valence-electron chi connectivity index (χ0n) is 10.7. The van der Waals surface area contributed by atoms with Crippen molar-refractivity contribution in [2.45, 2.75) is 51.9 Å². The fraction of sp³-hybridized carbons (Fsp3) is 0.667. The molecule has 2 aliphatic heterocycles. The lowest BCUT2D eigenvalue weighted by molar-refractivity contribution is 0.00578. The van der Waals surface area contributed by atoms with Gasteiger partial charge in [-0.25, -0.2) is 0 Å². The number of allylic oxidation sites excluding steroid dienone is 2. The number of hydrogen-bond donors (Lipinski definition) is 1. The first-order valence-corrected chi connectivity index (χ1v) is 5.82. The molecule has 0 aromatic rings. The maximum Gasteiger partial charge on any atom is 0.494 e. The quantitative estimate of drug-likeness (QED) is 0.687. The predicted octanol–water partition coefficient (Wildman–Crippen LogP) is 2.05. The topological polar surface area (TPSA) is 30.5 Å². The largest absolute Gasteiger partial charge is 0.494 e. The van der Waals surface area contributed by atoms with E-state index >= 15 is 0 Å². The molecular formula is C12H20BNO2. The van der Waals surface area contributed by atoms with Crippen molar-refractivity contribution in [3.63, 3.8) is 0 Å². The van der Waals surface area contributed by atoms with E-state index in [1.54, 1.807) is 0 Å². The van der Waals surface area contributed by atoms with Crippen LogP contribution in [0, 0.1) is 0 Å². The molecular weight excluding hydrogens is 201 g/mol. The van der Waals surface area contributed by atoms with Gasteiger partial charge in [0.1, 0.15) is 0 Å². The zero-order valence-corrected chi connectivity index (χ0v) is 10.7. The summed E-state index contributed by atoms with van der Waals surface area (Å²) in [6.07, 6.45) is 6.11. The molecule has 0 bridgehead atoms. The van der Waals surface area contributed by atoms with Gasteiger partial charge in [0.15, 0.2) is 0 Å². The molecule has 2 aliphatic rings. The molecule has 1 fully saturated rings. The maximum absolute atomic E-state index is 5.98. The maximum atomic E-state index is 5.98. The van der Waals surface area contributed by atoms with E-state index in [1.165, 1.54) is 0 Å². The van der Waals surface area contributed by atoms with Gasteiger partial charge in [-0.3, -0.25) is 0 Å². The summed E-state index contributed by atoms with van der Waals surface area (Å²) in [4.78, 5) is 0. The monoisotopic (exact) mass is 221 g/mol. The fourth-order valence-electron chi connectivity index (χ4n) is 1.82. The van der Waals surface area contributed by atoms with Crippen molar-refractivity contribution in [1.29, 1.82) is 0 Å². The second kappa shape index (κ2) is 3.64. The molecule has 88 valence electrons. The molecule has 1 unspecified atom stereocenters. The Morgan fingerprint density at radius 1 is 1.19 bits per heavy atom. The van der Waals surface area contributed by atoms with E-state index < -0.39 is 0 Å². The van der Waals surface area contributed by atoms with Crippen LogP contribution in [0.15, 0.2) is 23.8 Å². The van der Waals surface area contributed by atoms with Crippen LogP contribution in [0.2, 0.25) is 0 Å². The van der Waals surface area contributed by atoms with E-state index in [2.05, 4.69) is 46.0 Å². The molecule has 0 aromatic heterocycles. The molecule has 2 rings (SSSR count). The molecule has 16 heavy (non-hydrogen) atoms. The van der Waals surface area contributed by atoms with E-state index in [1.807, 2.05) is 12.3 Å². The second-order valence-corrected chi connectivity index (χ2v) is 5.54. The van der Waals surface area contributed by atoms with Crippen LogP contribution in [-0.2, 0) is 9.31 Å². The molecule has 1 atom stereocenters. The summed E-state index contributed by atoms with van der Waals surface area (Å²) >= 11 is 0. The van der Waals surface area contributed by atoms with Crippen LogP contribution in [0.3, 0.4) is 0 Å². The van der Waals surface area contributed by atoms with Crippen molar-refractivity contribution in [3.8, 4) is 0 Å². The van der Waals surface area contributed by atoms with Crippen LogP contribution in [0.5, 0.6) is 0 Å². The number of nitrogens with one attached hydrogen (secondary N) is 1. The molecule has 0 radical (unpaired) electrons. The molecule has 2 heterocycles. The van der Waals surface area contributed by atoms with E-state index in [9.17, 15) is 0 Å². The van der Waals surface area contributed by atoms with Crippen LogP contribution >= 0.6 is 0 Å². The normalized spacial score (nSPS) is 31.2. The lowest BCUT2D eigenvalue weighted by atomic mass is 9.76. The second-order valence-electron chi connectivity index (χ2n) is 5.54. The molecule has 0 amide bonds. The van der Waals surface area contributed by atoms with Crippen molar-refractivity contribution in [3.05, 3.63) is 23.8 Å². The first-order chi connectivity index (χ1) is 7.32. The highest BCUT2D eigenvalue weighted by Crippen LogP contribution is 2.38. The summed E-state index contributed by atoms with van der Waals surface area (Å²) < 4.78 is 12.0. The van der Waals surface area contributed by atoms with Gasteiger partial charge in [0.2, 0.25) is 0 Å². The van der Waals surface area contributed by atoms with Gasteiger partial charge >= 0.3 is 7.12 Å². The van der Waals surface area contributed by atoms with E-state index in [-0.39, 0.29) is 18.3 Å². The van der Waals surface area contributed by atoms with Gasteiger partial charge in [-0.15, -0.1) is 0 Å². The average molecular weight is 221 g/mol. The van der Waals surface area contributed by atoms with Crippen molar-refractivity contribution < 1.29 is 9.31 Å². The first kappa shape index (κ1) is 11.7. The highest BCUT2D eigenvalue weighted by atomic mass is 16.7. The number of dihydropyridines is 1. The molecule has 0 spiro atoms. The Hall–Kier alpha value is -0.735. The van der Waals surface area contributed by atoms with Gasteiger partial charge in [-0.2, -0.15) is 0 Å². The molecule has 1 saturated heterocycles. The zero-order chi connectivity index (χ0) is 12.0. The van der Waals surface area contributed by atoms with Gasteiger partial charge in [-0.1, -0.05) is 6.08 Å². The minimum absolute atomic E-state index is 0.245. The summed E-state index contributed by atoms with van der Waals surface area (Å²) in [5, 5.41) is 3.21. The lowest BCUT2D eigenvalue weighted by Crippen LogP contribution is -2.41. The van der Waals surface area contributed by atoms with Crippen LogP contribution in [0.1, 0.15) is 34.6 Å². The van der Waals surface area contributed by atoms with E-state index in [0.29, 0.717) is 6.04 Å². The van der Waals surface area contributed by atoms with Crippen LogP contribution < -0.4 is 5.32 Å². The Morgan fingerprint density at radius 2 is 1.75 bits per heavy atom. The summed E-state index contributed by atoms with van der Waals surface area (Å²) in [6, 6.07) is 0.332. The lowest BCUT2D eigenvalue weighted by Gasteiger charge is -2.32. The third kappa shape index (κ3) is 1.92. The Bertz CT molecular complexity index is 331. The van der Waals surface area contributed by atoms with Crippen molar-refractivity contribution >= 4 is 7.12 Å². The Kier molecular flexibility index (Phi) is 2.67. The average Bonchev–Trinajstić information content (AvgIpc) is 2.36. The smallest absolute Gasteiger partial charge is 0.399 e. The predicted molar refractivity (Wildman–Crippen MR) is 65.9 cm³/mol. The highest BCUT2D eigenvalue weighted by molar-refractivity contribution is 6.55. The minimum atomic E-state index is -0.263. The third-order valence-corrected chi connectivity index (χ3v) is 3.60. The van der Waals surface area contributed by atoms with Gasteiger partial charge < -0.3 is 14.6 Å². The van der Waals surface area contributed by atoms with Crippen LogP contribution in [0.4, 0.5) is 0 Å². The van der Waals surface area contributed by atoms with Crippen LogP contribution in [-0.4, -0.2) is 24.4 Å². The minimum Gasteiger partial charge on any atom is -0.399 e. The standard InChI is InChI=1S/C12H20BNO2/c1-9-8-10(6-7-14-9)13-15-11(2,3)12(4,5)16-13/h6-9,14H,1-5H3.